The summed E-state index contributed by atoms with van der Waals surface area (Å²) in [5.74, 6) is -0.593. The minimum atomic E-state index is -2.63. The molecule has 0 radical (unpaired) electrons. The third-order valence-corrected chi connectivity index (χ3v) is 5.02. The van der Waals surface area contributed by atoms with E-state index in [2.05, 4.69) is 9.97 Å². The second-order valence-corrected chi connectivity index (χ2v) is 7.20. The normalized spacial score (nSPS) is 11.5. The van der Waals surface area contributed by atoms with Gasteiger partial charge in [0.1, 0.15) is 17.6 Å². The van der Waals surface area contributed by atoms with Crippen molar-refractivity contribution in [2.45, 2.75) is 19.2 Å². The first kappa shape index (κ1) is 24.8. The highest BCUT2D eigenvalue weighted by Gasteiger charge is 2.25. The summed E-state index contributed by atoms with van der Waals surface area (Å²) in [6.45, 7) is 0.767. The lowest BCUT2D eigenvalue weighted by Crippen LogP contribution is -2.25. The maximum Gasteiger partial charge on any atom is 0.304 e. The smallest absolute Gasteiger partial charge is 0.304 e. The number of methoxy groups -OCH3 is 3. The minimum absolute atomic E-state index is 0.199. The van der Waals surface area contributed by atoms with Crippen LogP contribution in [0.3, 0.4) is 0 Å². The van der Waals surface area contributed by atoms with Crippen molar-refractivity contribution in [1.29, 1.82) is 0 Å². The van der Waals surface area contributed by atoms with Crippen LogP contribution < -0.4 is 19.1 Å². The SMILES string of the molecule is COc1ccc(CN(Cc2ccc(OC)cc2)c2ncc(C(O)C(F)=C(F)F)c(OC)n2)cc1. The van der Waals surface area contributed by atoms with Crippen LogP contribution in [0, 0.1) is 0 Å². The molecular weight excluding hydrogens is 451 g/mol. The summed E-state index contributed by atoms with van der Waals surface area (Å²) in [6.07, 6.45) is -3.80. The Kier molecular flexibility index (Phi) is 8.31. The molecule has 180 valence electrons. The van der Waals surface area contributed by atoms with E-state index < -0.39 is 18.0 Å². The number of rotatable bonds is 10. The van der Waals surface area contributed by atoms with E-state index in [4.69, 9.17) is 14.2 Å². The zero-order valence-electron chi connectivity index (χ0n) is 18.8. The lowest BCUT2D eigenvalue weighted by molar-refractivity contribution is 0.165. The molecule has 1 atom stereocenters. The molecule has 2 aromatic carbocycles. The number of halogens is 3. The third-order valence-electron chi connectivity index (χ3n) is 5.02. The first-order valence-corrected chi connectivity index (χ1v) is 10.2. The number of aliphatic hydroxyl groups excluding tert-OH is 1. The van der Waals surface area contributed by atoms with Crippen molar-refractivity contribution in [1.82, 2.24) is 9.97 Å². The number of ether oxygens (including phenoxy) is 3. The summed E-state index contributed by atoms with van der Waals surface area (Å²) in [5, 5.41) is 9.96. The van der Waals surface area contributed by atoms with Gasteiger partial charge in [-0.25, -0.2) is 9.37 Å². The van der Waals surface area contributed by atoms with Gasteiger partial charge in [0.05, 0.1) is 26.9 Å². The van der Waals surface area contributed by atoms with Crippen LogP contribution in [0.4, 0.5) is 19.1 Å². The molecule has 0 aliphatic rings. The Morgan fingerprint density at radius 2 is 1.35 bits per heavy atom. The zero-order chi connectivity index (χ0) is 24.7. The predicted octanol–water partition coefficient (Wildman–Crippen LogP) is 4.82. The fourth-order valence-corrected chi connectivity index (χ4v) is 3.21. The second kappa shape index (κ2) is 11.4. The Hall–Kier alpha value is -3.79. The van der Waals surface area contributed by atoms with Gasteiger partial charge in [0, 0.05) is 19.3 Å². The van der Waals surface area contributed by atoms with Gasteiger partial charge in [-0.05, 0) is 35.4 Å². The van der Waals surface area contributed by atoms with Gasteiger partial charge in [-0.15, -0.1) is 0 Å². The van der Waals surface area contributed by atoms with Crippen LogP contribution in [0.1, 0.15) is 22.8 Å². The highest BCUT2D eigenvalue weighted by Crippen LogP contribution is 2.32. The first-order chi connectivity index (χ1) is 16.4. The van der Waals surface area contributed by atoms with Crippen LogP contribution in [-0.2, 0) is 13.1 Å². The molecule has 0 spiro atoms. The molecule has 0 aliphatic heterocycles. The van der Waals surface area contributed by atoms with Crippen LogP contribution in [0.15, 0.2) is 66.6 Å². The zero-order valence-corrected chi connectivity index (χ0v) is 18.8. The van der Waals surface area contributed by atoms with E-state index in [0.29, 0.717) is 24.6 Å². The number of aromatic nitrogens is 2. The van der Waals surface area contributed by atoms with Gasteiger partial charge in [-0.3, -0.25) is 0 Å². The molecule has 0 aliphatic carbocycles. The number of hydrogen-bond acceptors (Lipinski definition) is 7. The topological polar surface area (TPSA) is 76.9 Å². The first-order valence-electron chi connectivity index (χ1n) is 10.2. The van der Waals surface area contributed by atoms with Gasteiger partial charge in [0.25, 0.3) is 0 Å². The average molecular weight is 475 g/mol. The molecule has 3 aromatic rings. The summed E-state index contributed by atoms with van der Waals surface area (Å²) in [6, 6.07) is 14.8. The molecule has 0 amide bonds. The van der Waals surface area contributed by atoms with Crippen LogP contribution in [0.2, 0.25) is 0 Å². The van der Waals surface area contributed by atoms with E-state index in [9.17, 15) is 18.3 Å². The molecule has 0 saturated heterocycles. The summed E-state index contributed by atoms with van der Waals surface area (Å²) < 4.78 is 54.4. The molecule has 1 aromatic heterocycles. The Morgan fingerprint density at radius 1 is 0.853 bits per heavy atom. The molecule has 0 saturated carbocycles. The van der Waals surface area contributed by atoms with Crippen molar-refractivity contribution in [2.75, 3.05) is 26.2 Å². The summed E-state index contributed by atoms with van der Waals surface area (Å²) in [7, 11) is 4.40. The molecule has 1 unspecified atom stereocenters. The second-order valence-electron chi connectivity index (χ2n) is 7.20. The van der Waals surface area contributed by atoms with Crippen molar-refractivity contribution in [3.63, 3.8) is 0 Å². The average Bonchev–Trinajstić information content (AvgIpc) is 2.87. The van der Waals surface area contributed by atoms with Crippen LogP contribution in [0.25, 0.3) is 0 Å². The fourth-order valence-electron chi connectivity index (χ4n) is 3.21. The van der Waals surface area contributed by atoms with Crippen molar-refractivity contribution in [3.8, 4) is 17.4 Å². The van der Waals surface area contributed by atoms with E-state index in [1.54, 1.807) is 14.2 Å². The lowest BCUT2D eigenvalue weighted by Gasteiger charge is -2.24. The van der Waals surface area contributed by atoms with Gasteiger partial charge < -0.3 is 24.2 Å². The fraction of sp³-hybridized carbons (Fsp3) is 0.250. The highest BCUT2D eigenvalue weighted by atomic mass is 19.3. The van der Waals surface area contributed by atoms with E-state index >= 15 is 0 Å². The Labute approximate surface area is 195 Å². The van der Waals surface area contributed by atoms with Gasteiger partial charge in [0.2, 0.25) is 11.8 Å². The largest absolute Gasteiger partial charge is 0.497 e. The van der Waals surface area contributed by atoms with E-state index in [1.807, 2.05) is 53.4 Å². The third kappa shape index (κ3) is 5.96. The molecular formula is C24H24F3N3O4. The van der Waals surface area contributed by atoms with Crippen molar-refractivity contribution in [2.24, 2.45) is 0 Å². The molecule has 1 N–H and O–H groups in total. The van der Waals surface area contributed by atoms with Crippen molar-refractivity contribution in [3.05, 3.63) is 83.3 Å². The number of nitrogens with zero attached hydrogens (tertiary/aromatic N) is 3. The van der Waals surface area contributed by atoms with Crippen LogP contribution >= 0.6 is 0 Å². The maximum atomic E-state index is 13.6. The maximum absolute atomic E-state index is 13.6. The quantitative estimate of drug-likeness (QED) is 0.451. The van der Waals surface area contributed by atoms with E-state index in [-0.39, 0.29) is 17.4 Å². The van der Waals surface area contributed by atoms with Gasteiger partial charge in [-0.2, -0.15) is 13.8 Å². The molecule has 0 fully saturated rings. The Bertz CT molecular complexity index is 1070. The summed E-state index contributed by atoms with van der Waals surface area (Å²) >= 11 is 0. The van der Waals surface area contributed by atoms with Crippen LogP contribution in [0.5, 0.6) is 17.4 Å². The molecule has 34 heavy (non-hydrogen) atoms. The molecule has 3 rings (SSSR count). The Morgan fingerprint density at radius 3 is 1.76 bits per heavy atom. The standard InChI is InChI=1S/C24H24F3N3O4/c1-32-17-8-4-15(5-9-17)13-30(14-16-6-10-18(33-2)11-7-16)24-28-12-19(23(29-24)34-3)21(31)20(25)22(26)27/h4-12,21,31H,13-14H2,1-3H3. The van der Waals surface area contributed by atoms with Gasteiger partial charge in [-0.1, -0.05) is 24.3 Å². The Balaban J connectivity index is 1.97. The van der Waals surface area contributed by atoms with E-state index in [1.165, 1.54) is 7.11 Å². The summed E-state index contributed by atoms with van der Waals surface area (Å²) in [4.78, 5) is 10.3. The van der Waals surface area contributed by atoms with Crippen molar-refractivity contribution < 1.29 is 32.5 Å². The van der Waals surface area contributed by atoms with Gasteiger partial charge >= 0.3 is 6.08 Å². The molecule has 0 bridgehead atoms. The predicted molar refractivity (Wildman–Crippen MR) is 120 cm³/mol. The minimum Gasteiger partial charge on any atom is -0.497 e. The monoisotopic (exact) mass is 475 g/mol. The number of aliphatic hydroxyl groups is 1. The molecule has 10 heteroatoms. The lowest BCUT2D eigenvalue weighted by atomic mass is 10.1. The number of anilines is 1. The molecule has 1 heterocycles. The highest BCUT2D eigenvalue weighted by molar-refractivity contribution is 5.42. The molecule has 7 nitrogen and oxygen atoms in total. The van der Waals surface area contributed by atoms with E-state index in [0.717, 1.165) is 17.3 Å². The number of hydrogen-bond donors (Lipinski definition) is 1. The number of benzene rings is 2. The summed E-state index contributed by atoms with van der Waals surface area (Å²) in [5.41, 5.74) is 1.54. The van der Waals surface area contributed by atoms with Gasteiger partial charge in [0.15, 0.2) is 5.83 Å². The van der Waals surface area contributed by atoms with Crippen LogP contribution in [-0.4, -0.2) is 36.4 Å². The van der Waals surface area contributed by atoms with Crippen molar-refractivity contribution >= 4 is 5.95 Å².